The Labute approximate surface area is 97.3 Å². The van der Waals surface area contributed by atoms with E-state index in [2.05, 4.69) is 15.6 Å². The maximum absolute atomic E-state index is 11.3. The Balaban J connectivity index is 2.19. The number of hydrogen-bond acceptors (Lipinski definition) is 2. The largest absolute Gasteiger partial charge is 0.357 e. The number of aliphatic imine (C=N–C) groups is 1. The summed E-state index contributed by atoms with van der Waals surface area (Å²) in [6.45, 7) is 4.14. The molecule has 16 heavy (non-hydrogen) atoms. The van der Waals surface area contributed by atoms with Gasteiger partial charge in [0.2, 0.25) is 5.91 Å². The van der Waals surface area contributed by atoms with Gasteiger partial charge in [-0.2, -0.15) is 0 Å². The molecule has 1 rings (SSSR count). The molecular weight excluding hydrogens is 204 g/mol. The van der Waals surface area contributed by atoms with Crippen molar-refractivity contribution >= 4 is 11.9 Å². The zero-order valence-electron chi connectivity index (χ0n) is 10.4. The van der Waals surface area contributed by atoms with Crippen LogP contribution in [-0.2, 0) is 4.79 Å². The highest BCUT2D eigenvalue weighted by Crippen LogP contribution is 2.28. The van der Waals surface area contributed by atoms with Crippen molar-refractivity contribution in [3.63, 3.8) is 0 Å². The molecule has 1 aliphatic carbocycles. The molecule has 0 bridgehead atoms. The molecule has 92 valence electrons. The first-order valence-electron chi connectivity index (χ1n) is 5.88. The van der Waals surface area contributed by atoms with Crippen molar-refractivity contribution < 1.29 is 4.79 Å². The average Bonchev–Trinajstić information content (AvgIpc) is 3.05. The molecule has 5 heteroatoms. The van der Waals surface area contributed by atoms with E-state index in [0.717, 1.165) is 25.3 Å². The van der Waals surface area contributed by atoms with Crippen LogP contribution in [0.1, 0.15) is 19.8 Å². The Kier molecular flexibility index (Phi) is 5.08. The molecule has 0 aromatic heterocycles. The number of carbonyl (C=O) groups is 1. The lowest BCUT2D eigenvalue weighted by atomic mass is 10.4. The fourth-order valence-corrected chi connectivity index (χ4v) is 1.34. The predicted molar refractivity (Wildman–Crippen MR) is 65.4 cm³/mol. The number of amides is 1. The Morgan fingerprint density at radius 1 is 1.38 bits per heavy atom. The molecule has 0 aliphatic heterocycles. The maximum atomic E-state index is 11.3. The van der Waals surface area contributed by atoms with Gasteiger partial charge in [0.15, 0.2) is 5.96 Å². The van der Waals surface area contributed by atoms with Gasteiger partial charge in [0.05, 0.1) is 6.54 Å². The SMILES string of the molecule is CCNC(=NCCNC(=O)C1CC1)N(C)C. The fourth-order valence-electron chi connectivity index (χ4n) is 1.34. The second-order valence-electron chi connectivity index (χ2n) is 4.20. The lowest BCUT2D eigenvalue weighted by Crippen LogP contribution is -2.37. The van der Waals surface area contributed by atoms with E-state index in [4.69, 9.17) is 0 Å². The maximum Gasteiger partial charge on any atom is 0.223 e. The topological polar surface area (TPSA) is 56.7 Å². The third kappa shape index (κ3) is 4.51. The van der Waals surface area contributed by atoms with Gasteiger partial charge in [0.1, 0.15) is 0 Å². The molecule has 1 amide bonds. The standard InChI is InChI=1S/C11H22N4O/c1-4-12-11(15(2)3)14-8-7-13-10(16)9-5-6-9/h9H,4-8H2,1-3H3,(H,12,14)(H,13,16). The van der Waals surface area contributed by atoms with Gasteiger partial charge in [-0.05, 0) is 19.8 Å². The molecule has 0 spiro atoms. The van der Waals surface area contributed by atoms with Gasteiger partial charge in [-0.15, -0.1) is 0 Å². The van der Waals surface area contributed by atoms with Crippen LogP contribution in [0.25, 0.3) is 0 Å². The van der Waals surface area contributed by atoms with Crippen LogP contribution in [-0.4, -0.2) is 50.5 Å². The first kappa shape index (κ1) is 12.8. The first-order chi connectivity index (χ1) is 7.65. The molecule has 0 atom stereocenters. The molecule has 1 fully saturated rings. The number of nitrogens with zero attached hydrogens (tertiary/aromatic N) is 2. The number of carbonyl (C=O) groups excluding carboxylic acids is 1. The van der Waals surface area contributed by atoms with Crippen molar-refractivity contribution in [2.24, 2.45) is 10.9 Å². The van der Waals surface area contributed by atoms with Crippen molar-refractivity contribution in [3.05, 3.63) is 0 Å². The minimum absolute atomic E-state index is 0.185. The van der Waals surface area contributed by atoms with E-state index < -0.39 is 0 Å². The van der Waals surface area contributed by atoms with Crippen molar-refractivity contribution in [2.75, 3.05) is 33.7 Å². The van der Waals surface area contributed by atoms with Gasteiger partial charge in [-0.3, -0.25) is 9.79 Å². The van der Waals surface area contributed by atoms with Gasteiger partial charge in [0.25, 0.3) is 0 Å². The van der Waals surface area contributed by atoms with E-state index in [1.54, 1.807) is 0 Å². The predicted octanol–water partition coefficient (Wildman–Crippen LogP) is 0.0397. The average molecular weight is 226 g/mol. The highest BCUT2D eigenvalue weighted by Gasteiger charge is 2.28. The molecule has 1 saturated carbocycles. The fraction of sp³-hybridized carbons (Fsp3) is 0.818. The summed E-state index contributed by atoms with van der Waals surface area (Å²) in [5.74, 6) is 1.33. The van der Waals surface area contributed by atoms with Crippen molar-refractivity contribution in [2.45, 2.75) is 19.8 Å². The molecule has 0 aromatic carbocycles. The second-order valence-corrected chi connectivity index (χ2v) is 4.20. The van der Waals surface area contributed by atoms with Gasteiger partial charge in [-0.25, -0.2) is 0 Å². The Bertz CT molecular complexity index is 259. The van der Waals surface area contributed by atoms with E-state index in [-0.39, 0.29) is 11.8 Å². The lowest BCUT2D eigenvalue weighted by molar-refractivity contribution is -0.122. The number of nitrogens with one attached hydrogen (secondary N) is 2. The highest BCUT2D eigenvalue weighted by molar-refractivity contribution is 5.81. The first-order valence-corrected chi connectivity index (χ1v) is 5.88. The quantitative estimate of drug-likeness (QED) is 0.395. The minimum atomic E-state index is 0.185. The number of guanidine groups is 1. The van der Waals surface area contributed by atoms with Crippen LogP contribution in [0.5, 0.6) is 0 Å². The summed E-state index contributed by atoms with van der Waals surface area (Å²) in [5, 5.41) is 6.06. The van der Waals surface area contributed by atoms with Crippen LogP contribution >= 0.6 is 0 Å². The van der Waals surface area contributed by atoms with Crippen LogP contribution in [0, 0.1) is 5.92 Å². The van der Waals surface area contributed by atoms with Gasteiger partial charge in [0, 0.05) is 33.1 Å². The summed E-state index contributed by atoms with van der Waals surface area (Å²) >= 11 is 0. The smallest absolute Gasteiger partial charge is 0.223 e. The molecule has 0 radical (unpaired) electrons. The molecule has 0 unspecified atom stereocenters. The Hall–Kier alpha value is -1.26. The van der Waals surface area contributed by atoms with Gasteiger partial charge in [-0.1, -0.05) is 0 Å². The summed E-state index contributed by atoms with van der Waals surface area (Å²) < 4.78 is 0. The second kappa shape index (κ2) is 6.35. The third-order valence-electron chi connectivity index (χ3n) is 2.38. The van der Waals surface area contributed by atoms with E-state index in [0.29, 0.717) is 13.1 Å². The van der Waals surface area contributed by atoms with Gasteiger partial charge < -0.3 is 15.5 Å². The van der Waals surface area contributed by atoms with E-state index in [9.17, 15) is 4.79 Å². The zero-order valence-corrected chi connectivity index (χ0v) is 10.4. The van der Waals surface area contributed by atoms with Crippen molar-refractivity contribution in [1.82, 2.24) is 15.5 Å². The molecule has 0 heterocycles. The summed E-state index contributed by atoms with van der Waals surface area (Å²) in [7, 11) is 3.90. The molecule has 0 saturated heterocycles. The van der Waals surface area contributed by atoms with E-state index in [1.807, 2.05) is 25.9 Å². The lowest BCUT2D eigenvalue weighted by Gasteiger charge is -2.16. The molecule has 0 aromatic rings. The van der Waals surface area contributed by atoms with E-state index >= 15 is 0 Å². The number of hydrogen-bond donors (Lipinski definition) is 2. The van der Waals surface area contributed by atoms with Crippen molar-refractivity contribution in [3.8, 4) is 0 Å². The summed E-state index contributed by atoms with van der Waals surface area (Å²) in [5.41, 5.74) is 0. The molecule has 5 nitrogen and oxygen atoms in total. The van der Waals surface area contributed by atoms with Crippen LogP contribution in [0.2, 0.25) is 0 Å². The molecule has 2 N–H and O–H groups in total. The van der Waals surface area contributed by atoms with Crippen LogP contribution in [0.4, 0.5) is 0 Å². The molecule has 1 aliphatic rings. The van der Waals surface area contributed by atoms with Crippen LogP contribution in [0.3, 0.4) is 0 Å². The van der Waals surface area contributed by atoms with E-state index in [1.165, 1.54) is 0 Å². The van der Waals surface area contributed by atoms with Crippen LogP contribution in [0.15, 0.2) is 4.99 Å². The molecular formula is C11H22N4O. The highest BCUT2D eigenvalue weighted by atomic mass is 16.2. The summed E-state index contributed by atoms with van der Waals surface area (Å²) in [6.07, 6.45) is 2.10. The Morgan fingerprint density at radius 3 is 2.56 bits per heavy atom. The normalized spacial score (nSPS) is 15.8. The minimum Gasteiger partial charge on any atom is -0.357 e. The third-order valence-corrected chi connectivity index (χ3v) is 2.38. The van der Waals surface area contributed by atoms with Crippen molar-refractivity contribution in [1.29, 1.82) is 0 Å². The summed E-state index contributed by atoms with van der Waals surface area (Å²) in [4.78, 5) is 17.6. The Morgan fingerprint density at radius 2 is 2.06 bits per heavy atom. The summed E-state index contributed by atoms with van der Waals surface area (Å²) in [6, 6.07) is 0. The van der Waals surface area contributed by atoms with Crippen LogP contribution < -0.4 is 10.6 Å². The zero-order chi connectivity index (χ0) is 12.0. The monoisotopic (exact) mass is 226 g/mol. The van der Waals surface area contributed by atoms with Gasteiger partial charge >= 0.3 is 0 Å². The number of rotatable bonds is 5.